The minimum absolute atomic E-state index is 0.308. The third kappa shape index (κ3) is 2.47. The SMILES string of the molecule is CC(Cc1ccc(C23CCN(CC2)CC3)cc1)C(=O)O. The molecule has 3 aliphatic heterocycles. The molecule has 0 amide bonds. The molecule has 3 heterocycles. The van der Waals surface area contributed by atoms with Gasteiger partial charge in [0.25, 0.3) is 0 Å². The first-order valence-electron chi connectivity index (χ1n) is 7.64. The van der Waals surface area contributed by atoms with Crippen molar-refractivity contribution >= 4 is 5.97 Å². The van der Waals surface area contributed by atoms with Crippen LogP contribution in [0.5, 0.6) is 0 Å². The van der Waals surface area contributed by atoms with E-state index < -0.39 is 5.97 Å². The third-order valence-electron chi connectivity index (χ3n) is 5.25. The summed E-state index contributed by atoms with van der Waals surface area (Å²) < 4.78 is 0. The molecule has 108 valence electrons. The van der Waals surface area contributed by atoms with E-state index in [1.165, 1.54) is 44.5 Å². The predicted molar refractivity (Wildman–Crippen MR) is 78.9 cm³/mol. The molecule has 3 nitrogen and oxygen atoms in total. The van der Waals surface area contributed by atoms with Crippen LogP contribution in [0.1, 0.15) is 37.3 Å². The van der Waals surface area contributed by atoms with Gasteiger partial charge in [-0.1, -0.05) is 31.2 Å². The summed E-state index contributed by atoms with van der Waals surface area (Å²) in [7, 11) is 0. The van der Waals surface area contributed by atoms with Crippen LogP contribution in [0.4, 0.5) is 0 Å². The summed E-state index contributed by atoms with van der Waals surface area (Å²) in [4.78, 5) is 13.5. The fourth-order valence-electron chi connectivity index (χ4n) is 3.70. The number of benzene rings is 1. The Bertz CT molecular complexity index is 472. The lowest BCUT2D eigenvalue weighted by Gasteiger charge is -2.49. The molecule has 0 radical (unpaired) electrons. The van der Waals surface area contributed by atoms with Crippen LogP contribution >= 0.6 is 0 Å². The number of carboxylic acids is 1. The summed E-state index contributed by atoms with van der Waals surface area (Å²) in [5.41, 5.74) is 2.99. The highest BCUT2D eigenvalue weighted by atomic mass is 16.4. The number of rotatable bonds is 4. The summed E-state index contributed by atoms with van der Waals surface area (Å²) in [5, 5.41) is 8.98. The summed E-state index contributed by atoms with van der Waals surface area (Å²) in [5.74, 6) is -1.02. The molecule has 1 atom stereocenters. The topological polar surface area (TPSA) is 40.5 Å². The Morgan fingerprint density at radius 3 is 2.25 bits per heavy atom. The second kappa shape index (κ2) is 5.21. The van der Waals surface area contributed by atoms with Crippen LogP contribution in [0.2, 0.25) is 0 Å². The highest BCUT2D eigenvalue weighted by Gasteiger charge is 2.40. The van der Waals surface area contributed by atoms with Crippen molar-refractivity contribution in [2.75, 3.05) is 19.6 Å². The molecule has 3 fully saturated rings. The van der Waals surface area contributed by atoms with Crippen molar-refractivity contribution in [3.63, 3.8) is 0 Å². The fraction of sp³-hybridized carbons (Fsp3) is 0.588. The van der Waals surface area contributed by atoms with E-state index in [0.29, 0.717) is 11.8 Å². The van der Waals surface area contributed by atoms with Crippen LogP contribution in [-0.4, -0.2) is 35.6 Å². The lowest BCUT2D eigenvalue weighted by atomic mass is 9.67. The summed E-state index contributed by atoms with van der Waals surface area (Å²) in [6.07, 6.45) is 4.45. The van der Waals surface area contributed by atoms with Crippen molar-refractivity contribution < 1.29 is 9.90 Å². The van der Waals surface area contributed by atoms with Gasteiger partial charge < -0.3 is 10.0 Å². The highest BCUT2D eigenvalue weighted by Crippen LogP contribution is 2.42. The summed E-state index contributed by atoms with van der Waals surface area (Å²) in [6, 6.07) is 8.74. The van der Waals surface area contributed by atoms with E-state index in [1.54, 1.807) is 6.92 Å². The minimum Gasteiger partial charge on any atom is -0.481 e. The lowest BCUT2D eigenvalue weighted by molar-refractivity contribution is -0.141. The van der Waals surface area contributed by atoms with Gasteiger partial charge in [0.15, 0.2) is 0 Å². The molecular weight excluding hydrogens is 250 g/mol. The van der Waals surface area contributed by atoms with Gasteiger partial charge in [0, 0.05) is 0 Å². The summed E-state index contributed by atoms with van der Waals surface area (Å²) >= 11 is 0. The molecule has 20 heavy (non-hydrogen) atoms. The van der Waals surface area contributed by atoms with Crippen molar-refractivity contribution in [1.82, 2.24) is 4.90 Å². The van der Waals surface area contributed by atoms with Gasteiger partial charge in [-0.3, -0.25) is 4.79 Å². The van der Waals surface area contributed by atoms with E-state index >= 15 is 0 Å². The Morgan fingerprint density at radius 1 is 1.20 bits per heavy atom. The van der Waals surface area contributed by atoms with E-state index in [2.05, 4.69) is 29.2 Å². The minimum atomic E-state index is -0.715. The first kappa shape index (κ1) is 13.6. The van der Waals surface area contributed by atoms with Crippen molar-refractivity contribution in [2.24, 2.45) is 5.92 Å². The first-order chi connectivity index (χ1) is 9.59. The van der Waals surface area contributed by atoms with Gasteiger partial charge in [0.05, 0.1) is 5.92 Å². The molecule has 1 aromatic carbocycles. The molecule has 0 aromatic heterocycles. The van der Waals surface area contributed by atoms with Gasteiger partial charge in [-0.05, 0) is 61.9 Å². The second-order valence-electron chi connectivity index (χ2n) is 6.51. The predicted octanol–water partition coefficient (Wildman–Crippen LogP) is 2.69. The van der Waals surface area contributed by atoms with Crippen LogP contribution in [0.15, 0.2) is 24.3 Å². The van der Waals surface area contributed by atoms with Crippen LogP contribution in [0, 0.1) is 5.92 Å². The zero-order valence-corrected chi connectivity index (χ0v) is 12.1. The molecule has 1 aromatic rings. The molecular formula is C17H23NO2. The van der Waals surface area contributed by atoms with Gasteiger partial charge in [-0.2, -0.15) is 0 Å². The average molecular weight is 273 g/mol. The third-order valence-corrected chi connectivity index (χ3v) is 5.25. The Morgan fingerprint density at radius 2 is 1.75 bits per heavy atom. The van der Waals surface area contributed by atoms with Gasteiger partial charge in [-0.15, -0.1) is 0 Å². The van der Waals surface area contributed by atoms with E-state index in [1.807, 2.05) is 0 Å². The maximum atomic E-state index is 10.9. The van der Waals surface area contributed by atoms with E-state index in [0.717, 1.165) is 5.56 Å². The molecule has 4 rings (SSSR count). The van der Waals surface area contributed by atoms with Crippen molar-refractivity contribution in [3.05, 3.63) is 35.4 Å². The van der Waals surface area contributed by atoms with Gasteiger partial charge in [0.2, 0.25) is 0 Å². The Kier molecular flexibility index (Phi) is 3.55. The summed E-state index contributed by atoms with van der Waals surface area (Å²) in [6.45, 7) is 5.47. The molecule has 2 bridgehead atoms. The zero-order valence-electron chi connectivity index (χ0n) is 12.1. The molecule has 0 aliphatic carbocycles. The highest BCUT2D eigenvalue weighted by molar-refractivity contribution is 5.69. The molecule has 3 aliphatic rings. The number of carbonyl (C=O) groups is 1. The maximum absolute atomic E-state index is 10.9. The molecule has 3 saturated heterocycles. The van der Waals surface area contributed by atoms with E-state index in [9.17, 15) is 4.79 Å². The fourth-order valence-corrected chi connectivity index (χ4v) is 3.70. The number of aliphatic carboxylic acids is 1. The van der Waals surface area contributed by atoms with Crippen molar-refractivity contribution in [1.29, 1.82) is 0 Å². The number of hydrogen-bond donors (Lipinski definition) is 1. The normalized spacial score (nSPS) is 30.1. The van der Waals surface area contributed by atoms with Crippen LogP contribution in [-0.2, 0) is 16.6 Å². The molecule has 0 saturated carbocycles. The quantitative estimate of drug-likeness (QED) is 0.917. The van der Waals surface area contributed by atoms with E-state index in [4.69, 9.17) is 5.11 Å². The Balaban J connectivity index is 1.74. The molecule has 1 N–H and O–H groups in total. The van der Waals surface area contributed by atoms with Crippen LogP contribution < -0.4 is 0 Å². The standard InChI is InChI=1S/C17H23NO2/c1-13(16(19)20)12-14-2-4-15(5-3-14)17-6-9-18(10-7-17)11-8-17/h2-5,13H,6-12H2,1H3,(H,19,20). The maximum Gasteiger partial charge on any atom is 0.306 e. The lowest BCUT2D eigenvalue weighted by Crippen LogP contribution is -2.50. The molecule has 1 unspecified atom stereocenters. The monoisotopic (exact) mass is 273 g/mol. The smallest absolute Gasteiger partial charge is 0.306 e. The van der Waals surface area contributed by atoms with Gasteiger partial charge in [0.1, 0.15) is 0 Å². The number of piperidine rings is 3. The zero-order chi connectivity index (χ0) is 14.2. The van der Waals surface area contributed by atoms with Crippen molar-refractivity contribution in [3.8, 4) is 0 Å². The Hall–Kier alpha value is -1.35. The van der Waals surface area contributed by atoms with Crippen molar-refractivity contribution in [2.45, 2.75) is 38.0 Å². The molecule has 0 spiro atoms. The Labute approximate surface area is 120 Å². The number of fused-ring (bicyclic) bond motifs is 3. The first-order valence-corrected chi connectivity index (χ1v) is 7.64. The number of nitrogens with zero attached hydrogens (tertiary/aromatic N) is 1. The van der Waals surface area contributed by atoms with Gasteiger partial charge >= 0.3 is 5.97 Å². The number of carboxylic acid groups (broad SMARTS) is 1. The van der Waals surface area contributed by atoms with E-state index in [-0.39, 0.29) is 5.92 Å². The van der Waals surface area contributed by atoms with Gasteiger partial charge in [-0.25, -0.2) is 0 Å². The molecule has 3 heteroatoms. The largest absolute Gasteiger partial charge is 0.481 e. The second-order valence-corrected chi connectivity index (χ2v) is 6.51. The number of hydrogen-bond acceptors (Lipinski definition) is 2. The average Bonchev–Trinajstić information content (AvgIpc) is 2.49. The van der Waals surface area contributed by atoms with Crippen LogP contribution in [0.25, 0.3) is 0 Å². The van der Waals surface area contributed by atoms with Crippen LogP contribution in [0.3, 0.4) is 0 Å².